The third-order valence-electron chi connectivity index (χ3n) is 2.56. The van der Waals surface area contributed by atoms with Gasteiger partial charge in [0, 0.05) is 17.5 Å². The molecule has 0 fully saturated rings. The molecule has 0 amide bonds. The fraction of sp³-hybridized carbons (Fsp3) is 0.750. The van der Waals surface area contributed by atoms with Gasteiger partial charge in [0.2, 0.25) is 0 Å². The van der Waals surface area contributed by atoms with Crippen molar-refractivity contribution in [2.75, 3.05) is 0 Å². The molecule has 1 atom stereocenters. The van der Waals surface area contributed by atoms with Crippen molar-refractivity contribution < 1.29 is 5.11 Å². The van der Waals surface area contributed by atoms with Crippen molar-refractivity contribution in [3.05, 3.63) is 16.6 Å². The van der Waals surface area contributed by atoms with E-state index >= 15 is 0 Å². The van der Waals surface area contributed by atoms with Crippen molar-refractivity contribution in [2.45, 2.75) is 58.0 Å². The van der Waals surface area contributed by atoms with Crippen LogP contribution < -0.4 is 0 Å². The molecule has 1 rings (SSSR count). The van der Waals surface area contributed by atoms with Crippen molar-refractivity contribution in [3.63, 3.8) is 0 Å². The highest BCUT2D eigenvalue weighted by Crippen LogP contribution is 2.13. The van der Waals surface area contributed by atoms with E-state index in [4.69, 9.17) is 0 Å². The molecule has 1 unspecified atom stereocenters. The summed E-state index contributed by atoms with van der Waals surface area (Å²) in [7, 11) is 0. The second kappa shape index (κ2) is 7.83. The maximum atomic E-state index is 9.76. The van der Waals surface area contributed by atoms with E-state index < -0.39 is 0 Å². The van der Waals surface area contributed by atoms with E-state index in [-0.39, 0.29) is 6.10 Å². The highest BCUT2D eigenvalue weighted by Gasteiger charge is 2.06. The maximum absolute atomic E-state index is 9.76. The largest absolute Gasteiger partial charge is 0.393 e. The molecule has 0 bridgehead atoms. The van der Waals surface area contributed by atoms with E-state index in [1.54, 1.807) is 11.3 Å². The molecular formula is C12H21NOS. The molecule has 1 heterocycles. The fourth-order valence-electron chi connectivity index (χ4n) is 1.66. The highest BCUT2D eigenvalue weighted by molar-refractivity contribution is 7.09. The lowest BCUT2D eigenvalue weighted by atomic mass is 10.1. The van der Waals surface area contributed by atoms with Crippen LogP contribution >= 0.6 is 11.3 Å². The topological polar surface area (TPSA) is 33.1 Å². The SMILES string of the molecule is CCCCCCCC(O)Cc1cncs1. The van der Waals surface area contributed by atoms with E-state index in [0.717, 1.165) is 19.3 Å². The van der Waals surface area contributed by atoms with E-state index in [2.05, 4.69) is 11.9 Å². The molecule has 1 N–H and O–H groups in total. The molecule has 0 aliphatic heterocycles. The average molecular weight is 227 g/mol. The average Bonchev–Trinajstić information content (AvgIpc) is 2.70. The first kappa shape index (κ1) is 12.7. The van der Waals surface area contributed by atoms with E-state index in [9.17, 15) is 5.11 Å². The first-order valence-corrected chi connectivity index (χ1v) is 6.76. The lowest BCUT2D eigenvalue weighted by Crippen LogP contribution is -2.09. The predicted molar refractivity (Wildman–Crippen MR) is 65.2 cm³/mol. The number of thiazole rings is 1. The van der Waals surface area contributed by atoms with Crippen LogP contribution in [0.4, 0.5) is 0 Å². The van der Waals surface area contributed by atoms with Gasteiger partial charge < -0.3 is 5.11 Å². The van der Waals surface area contributed by atoms with Gasteiger partial charge in [-0.3, -0.25) is 4.98 Å². The molecule has 0 spiro atoms. The van der Waals surface area contributed by atoms with Crippen LogP contribution in [0.1, 0.15) is 50.3 Å². The Morgan fingerprint density at radius 1 is 1.33 bits per heavy atom. The van der Waals surface area contributed by atoms with Gasteiger partial charge in [0.1, 0.15) is 0 Å². The lowest BCUT2D eigenvalue weighted by molar-refractivity contribution is 0.161. The summed E-state index contributed by atoms with van der Waals surface area (Å²) in [6, 6.07) is 0. The monoisotopic (exact) mass is 227 g/mol. The zero-order valence-electron chi connectivity index (χ0n) is 9.48. The molecular weight excluding hydrogens is 206 g/mol. The van der Waals surface area contributed by atoms with E-state index in [0.29, 0.717) is 0 Å². The van der Waals surface area contributed by atoms with Gasteiger partial charge in [-0.1, -0.05) is 39.0 Å². The first-order valence-electron chi connectivity index (χ1n) is 5.88. The Bertz CT molecular complexity index is 236. The van der Waals surface area contributed by atoms with Crippen LogP contribution in [-0.2, 0) is 6.42 Å². The van der Waals surface area contributed by atoms with Gasteiger partial charge >= 0.3 is 0 Å². The molecule has 0 aliphatic carbocycles. The number of rotatable bonds is 8. The van der Waals surface area contributed by atoms with Crippen LogP contribution in [0.25, 0.3) is 0 Å². The summed E-state index contributed by atoms with van der Waals surface area (Å²) in [6.07, 6.45) is 9.71. The van der Waals surface area contributed by atoms with E-state index in [1.807, 2.05) is 11.7 Å². The third-order valence-corrected chi connectivity index (χ3v) is 3.36. The van der Waals surface area contributed by atoms with Crippen molar-refractivity contribution in [1.82, 2.24) is 4.98 Å². The van der Waals surface area contributed by atoms with Gasteiger partial charge in [0.25, 0.3) is 0 Å². The van der Waals surface area contributed by atoms with Gasteiger partial charge in [-0.2, -0.15) is 0 Å². The number of unbranched alkanes of at least 4 members (excludes halogenated alkanes) is 4. The molecule has 0 aromatic carbocycles. The Morgan fingerprint density at radius 2 is 2.13 bits per heavy atom. The molecule has 3 heteroatoms. The standard InChI is InChI=1S/C12H21NOS/c1-2-3-4-5-6-7-11(14)8-12-9-13-10-15-12/h9-11,14H,2-8H2,1H3. The van der Waals surface area contributed by atoms with Gasteiger partial charge in [-0.15, -0.1) is 11.3 Å². The van der Waals surface area contributed by atoms with Crippen molar-refractivity contribution in [3.8, 4) is 0 Å². The normalized spacial score (nSPS) is 12.9. The van der Waals surface area contributed by atoms with Crippen LogP contribution in [0.3, 0.4) is 0 Å². The van der Waals surface area contributed by atoms with Crippen LogP contribution in [0, 0.1) is 0 Å². The van der Waals surface area contributed by atoms with Crippen LogP contribution in [0.5, 0.6) is 0 Å². The van der Waals surface area contributed by atoms with Crippen LogP contribution in [0.15, 0.2) is 11.7 Å². The molecule has 1 aromatic rings. The van der Waals surface area contributed by atoms with Gasteiger partial charge in [0.05, 0.1) is 11.6 Å². The van der Waals surface area contributed by atoms with Gasteiger partial charge in [0.15, 0.2) is 0 Å². The fourth-order valence-corrected chi connectivity index (χ4v) is 2.33. The summed E-state index contributed by atoms with van der Waals surface area (Å²) >= 11 is 1.63. The molecule has 2 nitrogen and oxygen atoms in total. The second-order valence-corrected chi connectivity index (χ2v) is 5.00. The number of hydrogen-bond donors (Lipinski definition) is 1. The minimum atomic E-state index is -0.174. The van der Waals surface area contributed by atoms with Crippen LogP contribution in [0.2, 0.25) is 0 Å². The summed E-state index contributed by atoms with van der Waals surface area (Å²) in [5.41, 5.74) is 1.82. The number of aliphatic hydroxyl groups excluding tert-OH is 1. The summed E-state index contributed by atoms with van der Waals surface area (Å²) < 4.78 is 0. The molecule has 15 heavy (non-hydrogen) atoms. The Hall–Kier alpha value is -0.410. The molecule has 86 valence electrons. The highest BCUT2D eigenvalue weighted by atomic mass is 32.1. The zero-order valence-corrected chi connectivity index (χ0v) is 10.3. The van der Waals surface area contributed by atoms with Crippen molar-refractivity contribution >= 4 is 11.3 Å². The molecule has 1 aromatic heterocycles. The van der Waals surface area contributed by atoms with Crippen molar-refractivity contribution in [2.24, 2.45) is 0 Å². The minimum absolute atomic E-state index is 0.174. The maximum Gasteiger partial charge on any atom is 0.0794 e. The summed E-state index contributed by atoms with van der Waals surface area (Å²) in [4.78, 5) is 5.19. The zero-order chi connectivity index (χ0) is 10.9. The number of aromatic nitrogens is 1. The van der Waals surface area contributed by atoms with Gasteiger partial charge in [-0.05, 0) is 6.42 Å². The number of hydrogen-bond acceptors (Lipinski definition) is 3. The van der Waals surface area contributed by atoms with Crippen LogP contribution in [-0.4, -0.2) is 16.2 Å². The number of nitrogens with zero attached hydrogens (tertiary/aromatic N) is 1. The quantitative estimate of drug-likeness (QED) is 0.690. The van der Waals surface area contributed by atoms with E-state index in [1.165, 1.54) is 30.6 Å². The van der Waals surface area contributed by atoms with Gasteiger partial charge in [-0.25, -0.2) is 0 Å². The first-order chi connectivity index (χ1) is 7.33. The number of aliphatic hydroxyl groups is 1. The summed E-state index contributed by atoms with van der Waals surface area (Å²) in [6.45, 7) is 2.22. The smallest absolute Gasteiger partial charge is 0.0794 e. The third kappa shape index (κ3) is 5.90. The Kier molecular flexibility index (Phi) is 6.60. The Morgan fingerprint density at radius 3 is 2.80 bits per heavy atom. The van der Waals surface area contributed by atoms with Crippen molar-refractivity contribution in [1.29, 1.82) is 0 Å². The second-order valence-electron chi connectivity index (χ2n) is 4.03. The summed E-state index contributed by atoms with van der Waals surface area (Å²) in [5, 5.41) is 9.76. The minimum Gasteiger partial charge on any atom is -0.393 e. The molecule has 0 radical (unpaired) electrons. The molecule has 0 saturated carbocycles. The molecule has 0 saturated heterocycles. The predicted octanol–water partition coefficient (Wildman–Crippen LogP) is 3.41. The Labute approximate surface area is 96.4 Å². The Balaban J connectivity index is 2.01. The lowest BCUT2D eigenvalue weighted by Gasteiger charge is -2.08. The summed E-state index contributed by atoms with van der Waals surface area (Å²) in [5.74, 6) is 0. The molecule has 0 aliphatic rings.